The first kappa shape index (κ1) is 26.3. The zero-order chi connectivity index (χ0) is 21.3. The van der Waals surface area contributed by atoms with Gasteiger partial charge >= 0.3 is 0 Å². The Morgan fingerprint density at radius 3 is 2.14 bits per heavy atom. The predicted octanol–water partition coefficient (Wildman–Crippen LogP) is 5.92. The van der Waals surface area contributed by atoms with Gasteiger partial charge in [0.05, 0.1) is 17.6 Å². The highest BCUT2D eigenvalue weighted by Crippen LogP contribution is 2.31. The number of hydrogen-bond acceptors (Lipinski definition) is 5. The van der Waals surface area contributed by atoms with Crippen molar-refractivity contribution in [2.75, 3.05) is 23.9 Å². The number of hydrogen-bond donors (Lipinski definition) is 0. The van der Waals surface area contributed by atoms with Crippen LogP contribution >= 0.6 is 11.3 Å². The summed E-state index contributed by atoms with van der Waals surface area (Å²) in [6.45, 7) is 9.86. The number of aryl methyl sites for hydroxylation is 2. The third-order valence-electron chi connectivity index (χ3n) is 3.79. The van der Waals surface area contributed by atoms with Crippen LogP contribution in [0.5, 0.6) is 0 Å². The van der Waals surface area contributed by atoms with E-state index in [1.807, 2.05) is 90.1 Å². The summed E-state index contributed by atoms with van der Waals surface area (Å²) in [6.07, 6.45) is 3.68. The van der Waals surface area contributed by atoms with Crippen molar-refractivity contribution >= 4 is 33.8 Å². The minimum absolute atomic E-state index is 0. The number of nitrogens with zero attached hydrogens (tertiary/aromatic N) is 5. The summed E-state index contributed by atoms with van der Waals surface area (Å²) in [7, 11) is 5.57. The van der Waals surface area contributed by atoms with Crippen molar-refractivity contribution < 1.29 is 4.79 Å². The maximum atomic E-state index is 12.8. The normalized spacial score (nSPS) is 9.24. The average Bonchev–Trinajstić information content (AvgIpc) is 3.35. The molecule has 0 saturated carbocycles. The number of carbonyl (C=O) groups is 1. The Morgan fingerprint density at radius 2 is 1.62 bits per heavy atom. The minimum atomic E-state index is -0.0537. The average molecular weight is 418 g/mol. The van der Waals surface area contributed by atoms with E-state index < -0.39 is 0 Å². The van der Waals surface area contributed by atoms with E-state index in [0.717, 1.165) is 22.2 Å². The second-order valence-corrected chi connectivity index (χ2v) is 6.52. The summed E-state index contributed by atoms with van der Waals surface area (Å²) in [6, 6.07) is 9.59. The Hall–Kier alpha value is -2.67. The van der Waals surface area contributed by atoms with Crippen LogP contribution < -0.4 is 9.80 Å². The molecule has 6 nitrogen and oxygen atoms in total. The standard InChI is InChI=1S/C17H19N5OS.2C2H6.CH4/c1-12-15(16(23)21(3)13-8-6-5-7-9-13)24-17(19-12)22(4)14-10-18-20(2)11-14;2*1-2;/h5-11H,1-4H3;2*1-2H3;1H4. The third kappa shape index (κ3) is 6.42. The van der Waals surface area contributed by atoms with Crippen molar-refractivity contribution in [2.45, 2.75) is 42.0 Å². The molecule has 0 aliphatic heterocycles. The fourth-order valence-electron chi connectivity index (χ4n) is 2.34. The molecule has 160 valence electrons. The largest absolute Gasteiger partial charge is 0.318 e. The quantitative estimate of drug-likeness (QED) is 0.529. The van der Waals surface area contributed by atoms with Gasteiger partial charge < -0.3 is 9.80 Å². The molecule has 2 heterocycles. The summed E-state index contributed by atoms with van der Waals surface area (Å²) in [5, 5.41) is 4.94. The summed E-state index contributed by atoms with van der Waals surface area (Å²) in [5.41, 5.74) is 2.53. The highest BCUT2D eigenvalue weighted by molar-refractivity contribution is 7.17. The topological polar surface area (TPSA) is 54.3 Å². The van der Waals surface area contributed by atoms with Crippen molar-refractivity contribution in [1.82, 2.24) is 14.8 Å². The lowest BCUT2D eigenvalue weighted by Crippen LogP contribution is -2.25. The maximum Gasteiger partial charge on any atom is 0.270 e. The Morgan fingerprint density at radius 1 is 1.03 bits per heavy atom. The van der Waals surface area contributed by atoms with Gasteiger partial charge in [-0.25, -0.2) is 4.98 Å². The van der Waals surface area contributed by atoms with Gasteiger partial charge in [-0.15, -0.1) is 0 Å². The van der Waals surface area contributed by atoms with Crippen LogP contribution in [0.4, 0.5) is 16.5 Å². The van der Waals surface area contributed by atoms with Crippen molar-refractivity contribution in [3.05, 3.63) is 53.3 Å². The lowest BCUT2D eigenvalue weighted by atomic mass is 10.3. The summed E-state index contributed by atoms with van der Waals surface area (Å²) < 4.78 is 1.74. The van der Waals surface area contributed by atoms with Crippen LogP contribution in [0.3, 0.4) is 0 Å². The molecule has 0 atom stereocenters. The molecule has 0 fully saturated rings. The number of para-hydroxylation sites is 1. The SMILES string of the molecule is C.CC.CC.Cc1nc(N(C)c2cnn(C)c2)sc1C(=O)N(C)c1ccccc1. The molecule has 3 aromatic rings. The first-order chi connectivity index (χ1) is 13.5. The van der Waals surface area contributed by atoms with Crippen molar-refractivity contribution in [2.24, 2.45) is 7.05 Å². The predicted molar refractivity (Wildman–Crippen MR) is 127 cm³/mol. The molecule has 0 radical (unpaired) electrons. The second-order valence-electron chi connectivity index (χ2n) is 5.54. The molecule has 0 aliphatic rings. The number of aromatic nitrogens is 3. The molecule has 0 unspecified atom stereocenters. The number of amides is 1. The van der Waals surface area contributed by atoms with E-state index >= 15 is 0 Å². The van der Waals surface area contributed by atoms with Gasteiger partial charge in [0.2, 0.25) is 0 Å². The monoisotopic (exact) mass is 417 g/mol. The van der Waals surface area contributed by atoms with Gasteiger partial charge in [-0.2, -0.15) is 5.10 Å². The molecule has 29 heavy (non-hydrogen) atoms. The highest BCUT2D eigenvalue weighted by Gasteiger charge is 2.22. The van der Waals surface area contributed by atoms with Gasteiger partial charge in [0.1, 0.15) is 4.88 Å². The summed E-state index contributed by atoms with van der Waals surface area (Å²) in [4.78, 5) is 21.6. The Balaban J connectivity index is 0.00000148. The van der Waals surface area contributed by atoms with Crippen LogP contribution in [0.2, 0.25) is 0 Å². The fourth-order valence-corrected chi connectivity index (χ4v) is 3.36. The molecule has 1 amide bonds. The number of thiazole rings is 1. The van der Waals surface area contributed by atoms with E-state index in [4.69, 9.17) is 0 Å². The lowest BCUT2D eigenvalue weighted by Gasteiger charge is -2.16. The van der Waals surface area contributed by atoms with Crippen LogP contribution in [0.15, 0.2) is 42.7 Å². The number of benzene rings is 1. The van der Waals surface area contributed by atoms with E-state index in [0.29, 0.717) is 4.88 Å². The fraction of sp³-hybridized carbons (Fsp3) is 0.409. The smallest absolute Gasteiger partial charge is 0.270 e. The molecule has 0 N–H and O–H groups in total. The molecule has 0 spiro atoms. The number of rotatable bonds is 4. The van der Waals surface area contributed by atoms with Crippen molar-refractivity contribution in [1.29, 1.82) is 0 Å². The third-order valence-corrected chi connectivity index (χ3v) is 5.02. The van der Waals surface area contributed by atoms with Gasteiger partial charge in [-0.1, -0.05) is 64.7 Å². The number of carbonyl (C=O) groups excluding carboxylic acids is 1. The molecule has 2 aromatic heterocycles. The van der Waals surface area contributed by atoms with Gasteiger partial charge in [0.25, 0.3) is 5.91 Å². The first-order valence-corrected chi connectivity index (χ1v) is 10.3. The Labute approximate surface area is 179 Å². The van der Waals surface area contributed by atoms with Crippen molar-refractivity contribution in [3.8, 4) is 0 Å². The van der Waals surface area contributed by atoms with Crippen LogP contribution in [-0.2, 0) is 7.05 Å². The molecular weight excluding hydrogens is 382 g/mol. The van der Waals surface area contributed by atoms with Crippen LogP contribution in [0, 0.1) is 6.92 Å². The molecule has 0 aliphatic carbocycles. The first-order valence-electron chi connectivity index (χ1n) is 9.50. The Kier molecular flexibility index (Phi) is 11.6. The van der Waals surface area contributed by atoms with E-state index in [2.05, 4.69) is 10.1 Å². The van der Waals surface area contributed by atoms with Crippen molar-refractivity contribution in [3.63, 3.8) is 0 Å². The molecule has 0 saturated heterocycles. The summed E-state index contributed by atoms with van der Waals surface area (Å²) >= 11 is 1.39. The van der Waals surface area contributed by atoms with Crippen LogP contribution in [-0.4, -0.2) is 34.8 Å². The second kappa shape index (κ2) is 12.7. The molecule has 3 rings (SSSR count). The van der Waals surface area contributed by atoms with Gasteiger partial charge in [-0.3, -0.25) is 9.48 Å². The zero-order valence-electron chi connectivity index (χ0n) is 18.1. The van der Waals surface area contributed by atoms with E-state index in [1.54, 1.807) is 22.8 Å². The highest BCUT2D eigenvalue weighted by atomic mass is 32.1. The maximum absolute atomic E-state index is 12.8. The zero-order valence-corrected chi connectivity index (χ0v) is 18.9. The molecule has 7 heteroatoms. The van der Waals surface area contributed by atoms with E-state index in [-0.39, 0.29) is 13.3 Å². The van der Waals surface area contributed by atoms with E-state index in [9.17, 15) is 4.79 Å². The molecule has 0 bridgehead atoms. The van der Waals surface area contributed by atoms with E-state index in [1.165, 1.54) is 11.3 Å². The molecular formula is C22H35N5OS. The Bertz CT molecular complexity index is 857. The van der Waals surface area contributed by atoms with Gasteiger partial charge in [0, 0.05) is 33.0 Å². The minimum Gasteiger partial charge on any atom is -0.318 e. The lowest BCUT2D eigenvalue weighted by molar-refractivity contribution is 0.0996. The summed E-state index contributed by atoms with van der Waals surface area (Å²) in [5.74, 6) is -0.0537. The van der Waals surface area contributed by atoms with Crippen LogP contribution in [0.1, 0.15) is 50.5 Å². The van der Waals surface area contributed by atoms with Crippen LogP contribution in [0.25, 0.3) is 0 Å². The van der Waals surface area contributed by atoms with Gasteiger partial charge in [0.15, 0.2) is 5.13 Å². The molecule has 1 aromatic carbocycles. The number of anilines is 3. The van der Waals surface area contributed by atoms with Gasteiger partial charge in [-0.05, 0) is 19.1 Å².